The summed E-state index contributed by atoms with van der Waals surface area (Å²) in [6.07, 6.45) is 0. The van der Waals surface area contributed by atoms with Crippen LogP contribution in [0.2, 0.25) is 39.3 Å². The highest BCUT2D eigenvalue weighted by Gasteiger charge is 2.39. The van der Waals surface area contributed by atoms with Crippen LogP contribution in [0.15, 0.2) is 35.7 Å². The highest BCUT2D eigenvalue weighted by atomic mass is 32.1. The van der Waals surface area contributed by atoms with Gasteiger partial charge < -0.3 is 0 Å². The van der Waals surface area contributed by atoms with Crippen LogP contribution in [0.4, 0.5) is 0 Å². The molecule has 0 atom stereocenters. The summed E-state index contributed by atoms with van der Waals surface area (Å²) in [6, 6.07) is 10.8. The minimum Gasteiger partial charge on any atom is -0.252 e. The van der Waals surface area contributed by atoms with Crippen molar-refractivity contribution < 1.29 is 0 Å². The van der Waals surface area contributed by atoms with Gasteiger partial charge in [-0.25, -0.2) is 0 Å². The molecule has 4 heteroatoms. The van der Waals surface area contributed by atoms with Crippen LogP contribution in [0.3, 0.4) is 0 Å². The number of pyridine rings is 1. The number of hydrogen-bond donors (Lipinski definition) is 0. The summed E-state index contributed by atoms with van der Waals surface area (Å²) in [5.41, 5.74) is 2.47. The Morgan fingerprint density at radius 1 is 0.900 bits per heavy atom. The lowest BCUT2D eigenvalue weighted by molar-refractivity contribution is 1.07. The van der Waals surface area contributed by atoms with Crippen molar-refractivity contribution in [3.05, 3.63) is 41.4 Å². The van der Waals surface area contributed by atoms with E-state index in [4.69, 9.17) is 4.98 Å². The lowest BCUT2D eigenvalue weighted by atomic mass is 10.3. The normalized spacial score (nSPS) is 12.9. The molecular weight excluding hydrogens is 294 g/mol. The van der Waals surface area contributed by atoms with Gasteiger partial charge in [0.25, 0.3) is 0 Å². The molecule has 0 amide bonds. The van der Waals surface area contributed by atoms with Crippen LogP contribution >= 0.6 is 11.3 Å². The Labute approximate surface area is 129 Å². The molecule has 1 nitrogen and oxygen atoms in total. The van der Waals surface area contributed by atoms with Crippen LogP contribution in [-0.4, -0.2) is 21.1 Å². The van der Waals surface area contributed by atoms with Crippen LogP contribution in [-0.2, 0) is 0 Å². The molecule has 0 radical (unpaired) electrons. The van der Waals surface area contributed by atoms with E-state index in [0.29, 0.717) is 5.16 Å². The molecule has 0 fully saturated rings. The molecule has 2 heterocycles. The van der Waals surface area contributed by atoms with Gasteiger partial charge in [0.1, 0.15) is 0 Å². The summed E-state index contributed by atoms with van der Waals surface area (Å²) in [4.78, 5) is 6.30. The predicted molar refractivity (Wildman–Crippen MR) is 97.0 cm³/mol. The first-order chi connectivity index (χ1) is 9.19. The highest BCUT2D eigenvalue weighted by Crippen LogP contribution is 2.35. The first-order valence-corrected chi connectivity index (χ1v) is 15.2. The zero-order chi connectivity index (χ0) is 15.0. The van der Waals surface area contributed by atoms with E-state index < -0.39 is 16.1 Å². The third kappa shape index (κ3) is 3.48. The van der Waals surface area contributed by atoms with Gasteiger partial charge in [-0.15, -0.1) is 11.3 Å². The van der Waals surface area contributed by atoms with E-state index in [1.807, 2.05) is 0 Å². The van der Waals surface area contributed by atoms with Gasteiger partial charge in [-0.1, -0.05) is 51.4 Å². The lowest BCUT2D eigenvalue weighted by Gasteiger charge is -2.38. The van der Waals surface area contributed by atoms with Crippen LogP contribution in [0.1, 0.15) is 10.9 Å². The Morgan fingerprint density at radius 3 is 2.05 bits per heavy atom. The van der Waals surface area contributed by atoms with Crippen molar-refractivity contribution in [3.8, 4) is 10.6 Å². The molecule has 20 heavy (non-hydrogen) atoms. The summed E-state index contributed by atoms with van der Waals surface area (Å²) < 4.78 is 0. The van der Waals surface area contributed by atoms with Crippen molar-refractivity contribution in [3.63, 3.8) is 0 Å². The zero-order valence-electron chi connectivity index (χ0n) is 13.4. The van der Waals surface area contributed by atoms with Gasteiger partial charge in [0.05, 0.1) is 26.7 Å². The molecule has 108 valence electrons. The van der Waals surface area contributed by atoms with E-state index in [0.717, 1.165) is 5.69 Å². The molecule has 0 saturated heterocycles. The summed E-state index contributed by atoms with van der Waals surface area (Å²) in [5.74, 6) is 0. The van der Waals surface area contributed by atoms with E-state index >= 15 is 0 Å². The average molecular weight is 320 g/mol. The van der Waals surface area contributed by atoms with Crippen molar-refractivity contribution in [2.24, 2.45) is 0 Å². The van der Waals surface area contributed by atoms with Gasteiger partial charge in [-0.3, -0.25) is 4.98 Å². The summed E-state index contributed by atoms with van der Waals surface area (Å²) in [7, 11) is -2.54. The monoisotopic (exact) mass is 319 g/mol. The molecule has 0 bridgehead atoms. The van der Waals surface area contributed by atoms with Crippen LogP contribution in [0.25, 0.3) is 10.6 Å². The van der Waals surface area contributed by atoms with E-state index in [9.17, 15) is 0 Å². The molecular formula is C16H25NSSi2. The van der Waals surface area contributed by atoms with Crippen molar-refractivity contribution in [2.45, 2.75) is 44.4 Å². The first kappa shape index (κ1) is 15.7. The molecule has 2 aromatic rings. The molecule has 0 aromatic carbocycles. The maximum Gasteiger partial charge on any atom is 0.0804 e. The first-order valence-electron chi connectivity index (χ1n) is 7.20. The van der Waals surface area contributed by atoms with E-state index in [-0.39, 0.29) is 0 Å². The molecule has 0 spiro atoms. The minimum absolute atomic E-state index is 0.704. The van der Waals surface area contributed by atoms with Gasteiger partial charge >= 0.3 is 0 Å². The van der Waals surface area contributed by atoms with E-state index in [1.165, 1.54) is 10.6 Å². The Bertz CT molecular complexity index is 551. The van der Waals surface area contributed by atoms with Gasteiger partial charge in [0.2, 0.25) is 0 Å². The predicted octanol–water partition coefficient (Wildman–Crippen LogP) is 5.65. The van der Waals surface area contributed by atoms with Crippen LogP contribution in [0.5, 0.6) is 0 Å². The highest BCUT2D eigenvalue weighted by molar-refractivity contribution is 7.13. The third-order valence-electron chi connectivity index (χ3n) is 3.57. The fourth-order valence-electron chi connectivity index (χ4n) is 3.36. The van der Waals surface area contributed by atoms with Gasteiger partial charge in [-0.2, -0.15) is 0 Å². The largest absolute Gasteiger partial charge is 0.252 e. The quantitative estimate of drug-likeness (QED) is 0.664. The van der Waals surface area contributed by atoms with Gasteiger partial charge in [0, 0.05) is 5.69 Å². The molecule has 0 N–H and O–H groups in total. The maximum absolute atomic E-state index is 5.03. The number of aromatic nitrogens is 1. The smallest absolute Gasteiger partial charge is 0.0804 e. The maximum atomic E-state index is 5.03. The second kappa shape index (κ2) is 5.58. The Kier molecular flexibility index (Phi) is 4.37. The van der Waals surface area contributed by atoms with Crippen LogP contribution < -0.4 is 0 Å². The molecule has 0 aliphatic heterocycles. The minimum atomic E-state index is -1.27. The Balaban J connectivity index is 2.48. The van der Waals surface area contributed by atoms with Gasteiger partial charge in [0.15, 0.2) is 0 Å². The molecule has 0 aliphatic carbocycles. The molecule has 0 aliphatic rings. The lowest BCUT2D eigenvalue weighted by Crippen LogP contribution is -2.46. The fourth-order valence-corrected chi connectivity index (χ4v) is 16.5. The third-order valence-corrected chi connectivity index (χ3v) is 13.7. The summed E-state index contributed by atoms with van der Waals surface area (Å²) in [6.45, 7) is 14.9. The van der Waals surface area contributed by atoms with E-state index in [2.05, 4.69) is 75.0 Å². The van der Waals surface area contributed by atoms with E-state index in [1.54, 1.807) is 11.3 Å². The SMILES string of the molecule is C[Si](C)(C)C(c1cccc(-c2cccs2)n1)[Si](C)(C)C. The van der Waals surface area contributed by atoms with Crippen molar-refractivity contribution in [1.29, 1.82) is 0 Å². The topological polar surface area (TPSA) is 12.9 Å². The summed E-state index contributed by atoms with van der Waals surface area (Å²) in [5, 5.41) is 2.83. The fraction of sp³-hybridized carbons (Fsp3) is 0.438. The van der Waals surface area contributed by atoms with Crippen molar-refractivity contribution in [2.75, 3.05) is 0 Å². The summed E-state index contributed by atoms with van der Waals surface area (Å²) >= 11 is 1.77. The number of thiophene rings is 1. The zero-order valence-corrected chi connectivity index (χ0v) is 16.2. The molecule has 2 rings (SSSR count). The second-order valence-electron chi connectivity index (χ2n) is 7.59. The Hall–Kier alpha value is -0.716. The molecule has 2 aromatic heterocycles. The number of nitrogens with zero attached hydrogens (tertiary/aromatic N) is 1. The molecule has 0 unspecified atom stereocenters. The number of hydrogen-bond acceptors (Lipinski definition) is 2. The average Bonchev–Trinajstić information content (AvgIpc) is 2.78. The van der Waals surface area contributed by atoms with Crippen molar-refractivity contribution >= 4 is 27.5 Å². The van der Waals surface area contributed by atoms with Crippen LogP contribution in [0, 0.1) is 0 Å². The number of rotatable bonds is 4. The van der Waals surface area contributed by atoms with Crippen molar-refractivity contribution in [1.82, 2.24) is 4.98 Å². The molecule has 0 saturated carbocycles. The van der Waals surface area contributed by atoms with Gasteiger partial charge in [-0.05, 0) is 28.7 Å². The second-order valence-corrected chi connectivity index (χ2v) is 19.7. The Morgan fingerprint density at radius 2 is 1.55 bits per heavy atom. The standard InChI is InChI=1S/C16H25NSSi2/c1-19(2,3)16(20(4,5)6)14-10-7-9-13(17-14)15-11-8-12-18-15/h7-12,16H,1-6H3.